The molecule has 34 heavy (non-hydrogen) atoms. The Bertz CT molecular complexity index is 1100. The monoisotopic (exact) mass is 490 g/mol. The SMILES string of the molecule is O=C(CSc1nnc(CNc2cccc(C(F)(F)F)c2)n1-c1ccccc1)OC1CCCCC1. The number of nitrogens with zero attached hydrogens (tertiary/aromatic N) is 3. The second kappa shape index (κ2) is 10.9. The Morgan fingerprint density at radius 2 is 1.82 bits per heavy atom. The summed E-state index contributed by atoms with van der Waals surface area (Å²) in [4.78, 5) is 12.4. The molecular weight excluding hydrogens is 465 g/mol. The summed E-state index contributed by atoms with van der Waals surface area (Å²) in [6.07, 6.45) is 0.717. The van der Waals surface area contributed by atoms with Crippen LogP contribution in [0.4, 0.5) is 18.9 Å². The van der Waals surface area contributed by atoms with Gasteiger partial charge in [-0.3, -0.25) is 9.36 Å². The van der Waals surface area contributed by atoms with E-state index < -0.39 is 11.7 Å². The molecule has 4 rings (SSSR count). The molecule has 0 radical (unpaired) electrons. The second-order valence-electron chi connectivity index (χ2n) is 8.04. The van der Waals surface area contributed by atoms with Crippen molar-refractivity contribution in [3.8, 4) is 5.69 Å². The number of benzene rings is 2. The van der Waals surface area contributed by atoms with Gasteiger partial charge in [-0.25, -0.2) is 0 Å². The number of esters is 1. The average molecular weight is 491 g/mol. The van der Waals surface area contributed by atoms with Gasteiger partial charge in [-0.1, -0.05) is 42.4 Å². The van der Waals surface area contributed by atoms with E-state index in [1.54, 1.807) is 10.6 Å². The highest BCUT2D eigenvalue weighted by atomic mass is 32.2. The molecule has 1 saturated carbocycles. The van der Waals surface area contributed by atoms with Crippen molar-refractivity contribution in [2.45, 2.75) is 56.1 Å². The van der Waals surface area contributed by atoms with Gasteiger partial charge in [-0.2, -0.15) is 13.2 Å². The molecule has 2 aromatic carbocycles. The number of hydrogen-bond donors (Lipinski definition) is 1. The van der Waals surface area contributed by atoms with Gasteiger partial charge in [-0.15, -0.1) is 10.2 Å². The lowest BCUT2D eigenvalue weighted by Gasteiger charge is -2.21. The molecule has 0 aliphatic heterocycles. The summed E-state index contributed by atoms with van der Waals surface area (Å²) < 4.78 is 46.4. The largest absolute Gasteiger partial charge is 0.462 e. The van der Waals surface area contributed by atoms with Gasteiger partial charge in [0.1, 0.15) is 6.10 Å². The van der Waals surface area contributed by atoms with Gasteiger partial charge >= 0.3 is 12.1 Å². The van der Waals surface area contributed by atoms with Crippen LogP contribution in [0.1, 0.15) is 43.5 Å². The predicted molar refractivity (Wildman–Crippen MR) is 124 cm³/mol. The van der Waals surface area contributed by atoms with Crippen LogP contribution in [0.3, 0.4) is 0 Å². The summed E-state index contributed by atoms with van der Waals surface area (Å²) in [5, 5.41) is 12.0. The molecule has 0 bridgehead atoms. The number of alkyl halides is 3. The summed E-state index contributed by atoms with van der Waals surface area (Å²) in [6.45, 7) is 0.149. The van der Waals surface area contributed by atoms with Crippen LogP contribution >= 0.6 is 11.8 Å². The van der Waals surface area contributed by atoms with E-state index in [9.17, 15) is 18.0 Å². The molecule has 6 nitrogen and oxygen atoms in total. The number of para-hydroxylation sites is 1. The van der Waals surface area contributed by atoms with Crippen molar-refractivity contribution >= 4 is 23.4 Å². The molecule has 1 fully saturated rings. The lowest BCUT2D eigenvalue weighted by atomic mass is 9.98. The van der Waals surface area contributed by atoms with Crippen molar-refractivity contribution in [2.24, 2.45) is 0 Å². The molecule has 1 aromatic heterocycles. The van der Waals surface area contributed by atoms with Crippen LogP contribution < -0.4 is 5.32 Å². The number of nitrogens with one attached hydrogen (secondary N) is 1. The highest BCUT2D eigenvalue weighted by Gasteiger charge is 2.30. The van der Waals surface area contributed by atoms with Crippen molar-refractivity contribution in [2.75, 3.05) is 11.1 Å². The van der Waals surface area contributed by atoms with E-state index in [-0.39, 0.29) is 24.4 Å². The van der Waals surface area contributed by atoms with Gasteiger partial charge in [0.25, 0.3) is 0 Å². The van der Waals surface area contributed by atoms with E-state index in [1.807, 2.05) is 30.3 Å². The summed E-state index contributed by atoms with van der Waals surface area (Å²) in [5.41, 5.74) is 0.383. The van der Waals surface area contributed by atoms with Gasteiger partial charge < -0.3 is 10.1 Å². The number of anilines is 1. The van der Waals surface area contributed by atoms with Gasteiger partial charge in [0.15, 0.2) is 11.0 Å². The molecular formula is C24H25F3N4O2S. The van der Waals surface area contributed by atoms with E-state index in [1.165, 1.54) is 24.2 Å². The Morgan fingerprint density at radius 3 is 2.56 bits per heavy atom. The van der Waals surface area contributed by atoms with E-state index in [0.29, 0.717) is 16.7 Å². The lowest BCUT2D eigenvalue weighted by molar-refractivity contribution is -0.147. The maximum atomic E-state index is 13.0. The Kier molecular flexibility index (Phi) is 7.77. The fourth-order valence-electron chi connectivity index (χ4n) is 3.86. The van der Waals surface area contributed by atoms with Crippen LogP contribution in [0.15, 0.2) is 59.8 Å². The van der Waals surface area contributed by atoms with E-state index in [4.69, 9.17) is 4.74 Å². The number of carbonyl (C=O) groups is 1. The number of aromatic nitrogens is 3. The lowest BCUT2D eigenvalue weighted by Crippen LogP contribution is -2.22. The van der Waals surface area contributed by atoms with Crippen molar-refractivity contribution in [1.82, 2.24) is 14.8 Å². The van der Waals surface area contributed by atoms with Crippen molar-refractivity contribution < 1.29 is 22.7 Å². The summed E-state index contributed by atoms with van der Waals surface area (Å²) >= 11 is 1.23. The molecule has 1 aliphatic rings. The van der Waals surface area contributed by atoms with Gasteiger partial charge in [0, 0.05) is 11.4 Å². The minimum absolute atomic E-state index is 0.0129. The van der Waals surface area contributed by atoms with E-state index in [2.05, 4.69) is 15.5 Å². The van der Waals surface area contributed by atoms with Crippen molar-refractivity contribution in [3.63, 3.8) is 0 Å². The molecule has 3 aromatic rings. The molecule has 0 amide bonds. The normalized spacial score (nSPS) is 14.7. The van der Waals surface area contributed by atoms with E-state index >= 15 is 0 Å². The van der Waals surface area contributed by atoms with Gasteiger partial charge in [0.05, 0.1) is 17.9 Å². The van der Waals surface area contributed by atoms with Crippen LogP contribution in [0.5, 0.6) is 0 Å². The molecule has 0 spiro atoms. The number of thioether (sulfide) groups is 1. The highest BCUT2D eigenvalue weighted by molar-refractivity contribution is 7.99. The quantitative estimate of drug-likeness (QED) is 0.315. The summed E-state index contributed by atoms with van der Waals surface area (Å²) in [6, 6.07) is 14.4. The van der Waals surface area contributed by atoms with Crippen LogP contribution in [0, 0.1) is 0 Å². The maximum Gasteiger partial charge on any atom is 0.416 e. The number of ether oxygens (including phenoxy) is 1. The Morgan fingerprint density at radius 1 is 1.06 bits per heavy atom. The van der Waals surface area contributed by atoms with Crippen LogP contribution in [0.2, 0.25) is 0 Å². The van der Waals surface area contributed by atoms with Crippen LogP contribution in [-0.2, 0) is 22.3 Å². The molecule has 1 aliphatic carbocycles. The minimum atomic E-state index is -4.42. The molecule has 180 valence electrons. The van der Waals surface area contributed by atoms with Crippen LogP contribution in [0.25, 0.3) is 5.69 Å². The Balaban J connectivity index is 1.47. The van der Waals surface area contributed by atoms with Crippen molar-refractivity contribution in [3.05, 3.63) is 66.0 Å². The molecule has 0 atom stereocenters. The minimum Gasteiger partial charge on any atom is -0.462 e. The standard InChI is InChI=1S/C24H25F3N4O2S/c25-24(26,27)17-8-7-9-18(14-17)28-15-21-29-30-23(31(21)19-10-3-1-4-11-19)34-16-22(32)33-20-12-5-2-6-13-20/h1,3-4,7-11,14,20,28H,2,5-6,12-13,15-16H2. The zero-order valence-electron chi connectivity index (χ0n) is 18.4. The van der Waals surface area contributed by atoms with Crippen LogP contribution in [-0.4, -0.2) is 32.6 Å². The first kappa shape index (κ1) is 24.1. The third kappa shape index (κ3) is 6.31. The van der Waals surface area contributed by atoms with Gasteiger partial charge in [-0.05, 0) is 56.0 Å². The summed E-state index contributed by atoms with van der Waals surface area (Å²) in [5.74, 6) is 0.317. The first-order chi connectivity index (χ1) is 16.4. The smallest absolute Gasteiger partial charge is 0.416 e. The number of hydrogen-bond acceptors (Lipinski definition) is 6. The molecule has 10 heteroatoms. The number of halogens is 3. The van der Waals surface area contributed by atoms with Crippen molar-refractivity contribution in [1.29, 1.82) is 0 Å². The molecule has 0 saturated heterocycles. The Hall–Kier alpha value is -3.01. The summed E-state index contributed by atoms with van der Waals surface area (Å²) in [7, 11) is 0. The number of rotatable bonds is 8. The maximum absolute atomic E-state index is 13.0. The van der Waals surface area contributed by atoms with E-state index in [0.717, 1.165) is 43.5 Å². The molecule has 1 N–H and O–H groups in total. The fourth-order valence-corrected chi connectivity index (χ4v) is 4.61. The average Bonchev–Trinajstić information content (AvgIpc) is 3.25. The first-order valence-electron chi connectivity index (χ1n) is 11.1. The zero-order chi connectivity index (χ0) is 24.0. The highest BCUT2D eigenvalue weighted by Crippen LogP contribution is 2.31. The predicted octanol–water partition coefficient (Wildman–Crippen LogP) is 5.87. The fraction of sp³-hybridized carbons (Fsp3) is 0.375. The third-order valence-electron chi connectivity index (χ3n) is 5.52. The molecule has 1 heterocycles. The number of carbonyl (C=O) groups excluding carboxylic acids is 1. The second-order valence-corrected chi connectivity index (χ2v) is 8.98. The van der Waals surface area contributed by atoms with Gasteiger partial charge in [0.2, 0.25) is 0 Å². The third-order valence-corrected chi connectivity index (χ3v) is 6.43. The molecule has 0 unspecified atom stereocenters. The topological polar surface area (TPSA) is 69.0 Å². The first-order valence-corrected chi connectivity index (χ1v) is 12.1. The zero-order valence-corrected chi connectivity index (χ0v) is 19.2. The Labute approximate surface area is 199 Å².